The smallest absolute Gasteiger partial charge is 0.120 e. The second-order valence-electron chi connectivity index (χ2n) is 3.60. The van der Waals surface area contributed by atoms with E-state index in [1.165, 1.54) is 0 Å². The van der Waals surface area contributed by atoms with E-state index in [0.717, 1.165) is 25.1 Å². The maximum Gasteiger partial charge on any atom is 0.120 e. The van der Waals surface area contributed by atoms with Crippen LogP contribution in [0.4, 0.5) is 0 Å². The lowest BCUT2D eigenvalue weighted by Crippen LogP contribution is -2.32. The van der Waals surface area contributed by atoms with Gasteiger partial charge in [0.25, 0.3) is 0 Å². The van der Waals surface area contributed by atoms with Crippen molar-refractivity contribution in [2.75, 3.05) is 13.2 Å². The van der Waals surface area contributed by atoms with E-state index < -0.39 is 0 Å². The number of piperidine rings is 1. The normalized spacial score (nSPS) is 29.0. The molecule has 0 aromatic carbocycles. The van der Waals surface area contributed by atoms with Crippen LogP contribution >= 0.6 is 0 Å². The zero-order valence-electron chi connectivity index (χ0n) is 7.57. The molecule has 0 bridgehead atoms. The molecule has 0 aliphatic carbocycles. The third-order valence-electron chi connectivity index (χ3n) is 2.66. The lowest BCUT2D eigenvalue weighted by Gasteiger charge is -2.27. The molecule has 2 unspecified atom stereocenters. The van der Waals surface area contributed by atoms with E-state index in [4.69, 9.17) is 9.52 Å². The molecule has 1 saturated heterocycles. The first kappa shape index (κ1) is 8.78. The average Bonchev–Trinajstić information content (AvgIpc) is 2.71. The van der Waals surface area contributed by atoms with Gasteiger partial charge in [-0.1, -0.05) is 0 Å². The molecule has 0 spiro atoms. The van der Waals surface area contributed by atoms with Gasteiger partial charge in [-0.25, -0.2) is 0 Å². The molecule has 3 nitrogen and oxygen atoms in total. The van der Waals surface area contributed by atoms with E-state index in [1.807, 2.05) is 12.1 Å². The summed E-state index contributed by atoms with van der Waals surface area (Å²) in [7, 11) is 0. The molecule has 72 valence electrons. The third-order valence-corrected chi connectivity index (χ3v) is 2.66. The fourth-order valence-electron chi connectivity index (χ4n) is 1.87. The summed E-state index contributed by atoms with van der Waals surface area (Å²) in [6, 6.07) is 4.18. The second-order valence-corrected chi connectivity index (χ2v) is 3.60. The van der Waals surface area contributed by atoms with Crippen molar-refractivity contribution in [1.82, 2.24) is 5.32 Å². The molecule has 0 radical (unpaired) electrons. The van der Waals surface area contributed by atoms with Crippen LogP contribution < -0.4 is 5.32 Å². The Morgan fingerprint density at radius 3 is 3.23 bits per heavy atom. The van der Waals surface area contributed by atoms with E-state index in [2.05, 4.69) is 5.32 Å². The zero-order chi connectivity index (χ0) is 9.10. The summed E-state index contributed by atoms with van der Waals surface area (Å²) in [4.78, 5) is 0. The monoisotopic (exact) mass is 181 g/mol. The maximum absolute atomic E-state index is 9.05. The van der Waals surface area contributed by atoms with Gasteiger partial charge in [0.1, 0.15) is 5.76 Å². The molecular formula is C10H15NO2. The molecule has 1 aliphatic rings. The number of aliphatic hydroxyl groups is 1. The van der Waals surface area contributed by atoms with Gasteiger partial charge in [0.2, 0.25) is 0 Å². The maximum atomic E-state index is 9.05. The topological polar surface area (TPSA) is 45.4 Å². The molecule has 0 amide bonds. The molecule has 1 fully saturated rings. The third kappa shape index (κ3) is 1.92. The molecule has 2 heterocycles. The minimum absolute atomic E-state index is 0.291. The quantitative estimate of drug-likeness (QED) is 0.723. The van der Waals surface area contributed by atoms with Crippen molar-refractivity contribution < 1.29 is 9.52 Å². The first-order valence-electron chi connectivity index (χ1n) is 4.78. The highest BCUT2D eigenvalue weighted by atomic mass is 16.3. The van der Waals surface area contributed by atoms with Crippen molar-refractivity contribution in [3.8, 4) is 0 Å². The molecule has 2 atom stereocenters. The number of rotatable bonds is 2. The molecule has 2 rings (SSSR count). The molecule has 0 saturated carbocycles. The fourth-order valence-corrected chi connectivity index (χ4v) is 1.87. The predicted molar refractivity (Wildman–Crippen MR) is 49.3 cm³/mol. The highest BCUT2D eigenvalue weighted by molar-refractivity contribution is 5.05. The molecule has 13 heavy (non-hydrogen) atoms. The molecule has 2 N–H and O–H groups in total. The molecular weight excluding hydrogens is 166 g/mol. The highest BCUT2D eigenvalue weighted by Gasteiger charge is 2.23. The Kier molecular flexibility index (Phi) is 2.66. The number of hydrogen-bond acceptors (Lipinski definition) is 3. The Balaban J connectivity index is 2.00. The summed E-state index contributed by atoms with van der Waals surface area (Å²) in [5, 5.41) is 12.4. The average molecular weight is 181 g/mol. The van der Waals surface area contributed by atoms with E-state index in [9.17, 15) is 0 Å². The summed E-state index contributed by atoms with van der Waals surface area (Å²) >= 11 is 0. The van der Waals surface area contributed by atoms with Crippen LogP contribution in [0.2, 0.25) is 0 Å². The second kappa shape index (κ2) is 3.94. The Morgan fingerprint density at radius 1 is 1.62 bits per heavy atom. The van der Waals surface area contributed by atoms with Crippen LogP contribution in [-0.4, -0.2) is 18.3 Å². The van der Waals surface area contributed by atoms with Crippen molar-refractivity contribution in [2.45, 2.75) is 18.9 Å². The predicted octanol–water partition coefficient (Wildman–Crippen LogP) is 1.31. The number of aliphatic hydroxyl groups excluding tert-OH is 1. The van der Waals surface area contributed by atoms with Gasteiger partial charge in [0, 0.05) is 6.61 Å². The van der Waals surface area contributed by atoms with Crippen molar-refractivity contribution in [2.24, 2.45) is 5.92 Å². The summed E-state index contributed by atoms with van der Waals surface area (Å²) in [5.74, 6) is 1.41. The van der Waals surface area contributed by atoms with E-state index in [1.54, 1.807) is 6.26 Å². The van der Waals surface area contributed by atoms with Crippen molar-refractivity contribution in [1.29, 1.82) is 0 Å². The van der Waals surface area contributed by atoms with Gasteiger partial charge < -0.3 is 14.8 Å². The van der Waals surface area contributed by atoms with E-state index in [-0.39, 0.29) is 0 Å². The van der Waals surface area contributed by atoms with Crippen LogP contribution in [0.25, 0.3) is 0 Å². The lowest BCUT2D eigenvalue weighted by atomic mass is 9.92. The summed E-state index contributed by atoms with van der Waals surface area (Å²) in [6.45, 7) is 1.26. The van der Waals surface area contributed by atoms with E-state index >= 15 is 0 Å². The van der Waals surface area contributed by atoms with Crippen molar-refractivity contribution in [3.05, 3.63) is 24.2 Å². The number of furan rings is 1. The summed E-state index contributed by atoms with van der Waals surface area (Å²) < 4.78 is 5.32. The standard InChI is InChI=1S/C10H15NO2/c12-7-8-3-4-11-9(6-8)10-2-1-5-13-10/h1-2,5,8-9,11-12H,3-4,6-7H2. The molecule has 1 aliphatic heterocycles. The first-order valence-corrected chi connectivity index (χ1v) is 4.78. The Bertz CT molecular complexity index is 245. The number of hydrogen-bond donors (Lipinski definition) is 2. The van der Waals surface area contributed by atoms with Crippen LogP contribution in [0.1, 0.15) is 24.6 Å². The van der Waals surface area contributed by atoms with Crippen LogP contribution in [0, 0.1) is 5.92 Å². The first-order chi connectivity index (χ1) is 6.40. The minimum atomic E-state index is 0.291. The Hall–Kier alpha value is -0.800. The van der Waals surface area contributed by atoms with Crippen LogP contribution in [-0.2, 0) is 0 Å². The van der Waals surface area contributed by atoms with Crippen LogP contribution in [0.15, 0.2) is 22.8 Å². The van der Waals surface area contributed by atoms with Gasteiger partial charge in [0.15, 0.2) is 0 Å². The van der Waals surface area contributed by atoms with Crippen molar-refractivity contribution >= 4 is 0 Å². The van der Waals surface area contributed by atoms with Crippen molar-refractivity contribution in [3.63, 3.8) is 0 Å². The Labute approximate surface area is 77.8 Å². The summed E-state index contributed by atoms with van der Waals surface area (Å²) in [6.07, 6.45) is 3.73. The van der Waals surface area contributed by atoms with Crippen LogP contribution in [0.5, 0.6) is 0 Å². The highest BCUT2D eigenvalue weighted by Crippen LogP contribution is 2.26. The molecule has 1 aromatic heterocycles. The molecule has 1 aromatic rings. The largest absolute Gasteiger partial charge is 0.468 e. The zero-order valence-corrected chi connectivity index (χ0v) is 7.57. The molecule has 3 heteroatoms. The number of nitrogens with one attached hydrogen (secondary N) is 1. The lowest BCUT2D eigenvalue weighted by molar-refractivity contribution is 0.169. The fraction of sp³-hybridized carbons (Fsp3) is 0.600. The minimum Gasteiger partial charge on any atom is -0.468 e. The van der Waals surface area contributed by atoms with Crippen LogP contribution in [0.3, 0.4) is 0 Å². The Morgan fingerprint density at radius 2 is 2.54 bits per heavy atom. The van der Waals surface area contributed by atoms with Gasteiger partial charge in [-0.05, 0) is 37.4 Å². The van der Waals surface area contributed by atoms with Gasteiger partial charge in [-0.2, -0.15) is 0 Å². The van der Waals surface area contributed by atoms with Gasteiger partial charge >= 0.3 is 0 Å². The van der Waals surface area contributed by atoms with Gasteiger partial charge in [-0.3, -0.25) is 0 Å². The van der Waals surface area contributed by atoms with Gasteiger partial charge in [-0.15, -0.1) is 0 Å². The van der Waals surface area contributed by atoms with E-state index in [0.29, 0.717) is 18.6 Å². The van der Waals surface area contributed by atoms with Gasteiger partial charge in [0.05, 0.1) is 12.3 Å². The SMILES string of the molecule is OCC1CCNC(c2ccco2)C1. The summed E-state index contributed by atoms with van der Waals surface area (Å²) in [5.41, 5.74) is 0.